The van der Waals surface area contributed by atoms with Gasteiger partial charge in [-0.05, 0) is 103 Å². The lowest BCUT2D eigenvalue weighted by molar-refractivity contribution is -0.271. The molecule has 6 rings (SSSR count). The maximum absolute atomic E-state index is 14.3. The van der Waals surface area contributed by atoms with Crippen molar-refractivity contribution >= 4 is 65.2 Å². The van der Waals surface area contributed by atoms with Gasteiger partial charge >= 0.3 is 18.0 Å². The Morgan fingerprint density at radius 2 is 1.51 bits per heavy atom. The summed E-state index contributed by atoms with van der Waals surface area (Å²) in [6, 6.07) is 24.4. The summed E-state index contributed by atoms with van der Waals surface area (Å²) in [5.41, 5.74) is 3.77. The number of fused-ring (bicyclic) bond motifs is 2. The van der Waals surface area contributed by atoms with Gasteiger partial charge in [-0.25, -0.2) is 14.4 Å². The van der Waals surface area contributed by atoms with Crippen molar-refractivity contribution in [2.45, 2.75) is 168 Å². The number of aliphatic hydroxyl groups is 4. The van der Waals surface area contributed by atoms with Crippen molar-refractivity contribution in [3.8, 4) is 5.75 Å². The number of carbonyl (C=O) groups is 7. The van der Waals surface area contributed by atoms with E-state index in [-0.39, 0.29) is 61.2 Å². The van der Waals surface area contributed by atoms with Gasteiger partial charge in [0.1, 0.15) is 42.9 Å². The number of hydrogen-bond donors (Lipinski definition) is 11. The first-order valence-corrected chi connectivity index (χ1v) is 29.8. The number of hydrogen-bond acceptors (Lipinski definition) is 16. The lowest BCUT2D eigenvalue weighted by atomic mass is 9.76. The van der Waals surface area contributed by atoms with E-state index < -0.39 is 102 Å². The number of aliphatic carboxylic acids is 2. The first-order valence-electron chi connectivity index (χ1n) is 29.8. The Bertz CT molecular complexity index is 3210. The Morgan fingerprint density at radius 1 is 0.820 bits per heavy atom. The van der Waals surface area contributed by atoms with Crippen LogP contribution in [0.15, 0.2) is 103 Å². The summed E-state index contributed by atoms with van der Waals surface area (Å²) in [5, 5.41) is 76.0. The number of ether oxygens (including phenoxy) is 3. The number of carboxylic acid groups (broad SMARTS) is 2. The molecule has 1 fully saturated rings. The van der Waals surface area contributed by atoms with Crippen LogP contribution < -0.4 is 36.2 Å². The van der Waals surface area contributed by atoms with Crippen LogP contribution in [0.3, 0.4) is 0 Å². The van der Waals surface area contributed by atoms with E-state index in [2.05, 4.69) is 32.7 Å². The first kappa shape index (κ1) is 70.1. The van der Waals surface area contributed by atoms with Gasteiger partial charge in [0, 0.05) is 55.2 Å². The van der Waals surface area contributed by atoms with E-state index in [0.717, 1.165) is 22.4 Å². The molecule has 0 bridgehead atoms. The number of carboxylic acids is 2. The zero-order valence-corrected chi connectivity index (χ0v) is 52.2. The molecule has 0 aromatic heterocycles. The fraction of sp³-hybridized carbons (Fsp3) is 0.470. The third-order valence-electron chi connectivity index (χ3n) is 16.0. The second-order valence-corrected chi connectivity index (χ2v) is 24.5. The Morgan fingerprint density at radius 3 is 2.18 bits per heavy atom. The van der Waals surface area contributed by atoms with Crippen molar-refractivity contribution in [2.75, 3.05) is 30.9 Å². The summed E-state index contributed by atoms with van der Waals surface area (Å²) in [5.74, 6) is -4.28. The van der Waals surface area contributed by atoms with Gasteiger partial charge in [-0.1, -0.05) is 127 Å². The van der Waals surface area contributed by atoms with Crippen LogP contribution in [-0.2, 0) is 63.4 Å². The highest BCUT2D eigenvalue weighted by Crippen LogP contribution is 2.34. The summed E-state index contributed by atoms with van der Waals surface area (Å²) in [7, 11) is 3.20. The highest BCUT2D eigenvalue weighted by atomic mass is 16.7. The van der Waals surface area contributed by atoms with Crippen LogP contribution in [-0.4, -0.2) is 153 Å². The average molecular weight is 1230 g/mol. The van der Waals surface area contributed by atoms with Crippen molar-refractivity contribution in [1.82, 2.24) is 26.2 Å². The minimum Gasteiger partial charge on any atom is -0.479 e. The largest absolute Gasteiger partial charge is 0.479 e. The number of unbranched alkanes of at least 4 members (excludes halogenated alkanes) is 1. The summed E-state index contributed by atoms with van der Waals surface area (Å²) in [6.07, 6.45) is -4.29. The fourth-order valence-corrected chi connectivity index (χ4v) is 10.7. The second kappa shape index (κ2) is 31.4. The highest BCUT2D eigenvalue weighted by Gasteiger charge is 2.48. The van der Waals surface area contributed by atoms with Gasteiger partial charge in [0.05, 0.1) is 24.3 Å². The molecule has 11 N–H and O–H groups in total. The van der Waals surface area contributed by atoms with Gasteiger partial charge < -0.3 is 70.6 Å². The van der Waals surface area contributed by atoms with E-state index in [1.165, 1.54) is 36.1 Å². The maximum Gasteiger partial charge on any atom is 0.411 e. The number of anilines is 2. The Hall–Kier alpha value is -8.03. The Kier molecular flexibility index (Phi) is 24.7. The molecule has 23 nitrogen and oxygen atoms in total. The predicted molar refractivity (Wildman–Crippen MR) is 334 cm³/mol. The monoisotopic (exact) mass is 1230 g/mol. The van der Waals surface area contributed by atoms with Gasteiger partial charge in [0.25, 0.3) is 0 Å². The molecule has 1 saturated heterocycles. The summed E-state index contributed by atoms with van der Waals surface area (Å²) in [4.78, 5) is 95.7. The molecule has 0 spiro atoms. The van der Waals surface area contributed by atoms with Crippen molar-refractivity contribution < 1.29 is 78.4 Å². The summed E-state index contributed by atoms with van der Waals surface area (Å²) in [6.45, 7) is 14.3. The third kappa shape index (κ3) is 18.8. The molecule has 5 amide bonds. The number of likely N-dealkylation sites (N-methyl/N-ethyl adjacent to an activating group) is 2. The number of carbonyl (C=O) groups excluding carboxylic acids is 5. The summed E-state index contributed by atoms with van der Waals surface area (Å²) >= 11 is 0. The number of nitrogens with zero attached hydrogens (tertiary/aromatic N) is 2. The number of para-hydroxylation sites is 1. The molecule has 4 aromatic carbocycles. The molecule has 0 aliphatic carbocycles. The Labute approximate surface area is 519 Å². The highest BCUT2D eigenvalue weighted by molar-refractivity contribution is 5.97. The van der Waals surface area contributed by atoms with E-state index >= 15 is 0 Å². The van der Waals surface area contributed by atoms with Crippen LogP contribution >= 0.6 is 0 Å². The van der Waals surface area contributed by atoms with E-state index in [1.54, 1.807) is 43.3 Å². The number of amides is 5. The van der Waals surface area contributed by atoms with Crippen LogP contribution in [0.5, 0.6) is 5.75 Å². The smallest absolute Gasteiger partial charge is 0.411 e. The van der Waals surface area contributed by atoms with Crippen molar-refractivity contribution in [3.63, 3.8) is 0 Å². The van der Waals surface area contributed by atoms with Gasteiger partial charge in [-0.2, -0.15) is 0 Å². The van der Waals surface area contributed by atoms with E-state index in [1.807, 2.05) is 103 Å². The van der Waals surface area contributed by atoms with Crippen LogP contribution in [0.25, 0.3) is 12.2 Å². The quantitative estimate of drug-likeness (QED) is 0.0191. The molecule has 4 aromatic rings. The van der Waals surface area contributed by atoms with Gasteiger partial charge in [0.15, 0.2) is 6.10 Å². The van der Waals surface area contributed by atoms with Crippen LogP contribution in [0.1, 0.15) is 121 Å². The molecule has 0 saturated carbocycles. The fourth-order valence-electron chi connectivity index (χ4n) is 10.7. The number of rotatable bonds is 27. The molecule has 2 heterocycles. The zero-order valence-electron chi connectivity index (χ0n) is 52.2. The maximum atomic E-state index is 14.3. The van der Waals surface area contributed by atoms with Crippen molar-refractivity contribution in [3.05, 3.63) is 136 Å². The zero-order chi connectivity index (χ0) is 65.5. The predicted octanol–water partition coefficient (Wildman–Crippen LogP) is 5.81. The summed E-state index contributed by atoms with van der Waals surface area (Å²) < 4.78 is 16.9. The van der Waals surface area contributed by atoms with Crippen LogP contribution in [0.4, 0.5) is 16.2 Å². The van der Waals surface area contributed by atoms with E-state index in [0.29, 0.717) is 42.6 Å². The van der Waals surface area contributed by atoms with Crippen molar-refractivity contribution in [1.29, 1.82) is 0 Å². The van der Waals surface area contributed by atoms with Crippen molar-refractivity contribution in [2.24, 2.45) is 11.3 Å². The number of nitrogens with one attached hydrogen (secondary N) is 5. The van der Waals surface area contributed by atoms with Gasteiger partial charge in [-0.3, -0.25) is 29.8 Å². The minimum atomic E-state index is -1.98. The molecule has 0 radical (unpaired) electrons. The molecule has 9 atom stereocenters. The molecule has 23 heteroatoms. The number of benzene rings is 4. The van der Waals surface area contributed by atoms with Gasteiger partial charge in [0.2, 0.25) is 29.9 Å². The van der Waals surface area contributed by atoms with Crippen LogP contribution in [0, 0.1) is 11.3 Å². The molecule has 89 heavy (non-hydrogen) atoms. The van der Waals surface area contributed by atoms with E-state index in [9.17, 15) is 64.2 Å². The first-order chi connectivity index (χ1) is 42.0. The molecule has 482 valence electrons. The van der Waals surface area contributed by atoms with Gasteiger partial charge in [-0.15, -0.1) is 0 Å². The molecule has 9 unspecified atom stereocenters. The third-order valence-corrected chi connectivity index (χ3v) is 16.0. The minimum absolute atomic E-state index is 0.0272. The lowest BCUT2D eigenvalue weighted by Crippen LogP contribution is -2.61. The normalized spacial score (nSPS) is 19.4. The molecule has 2 aliphatic heterocycles. The molecular formula is C66H87N7O16. The second-order valence-electron chi connectivity index (χ2n) is 24.5. The molecular weight excluding hydrogens is 1150 g/mol. The standard InChI is InChI=1S/C66H87N7O16/c1-38(2)48(32-39(3)61(82)83)72(10)60(81)58(65(4,5)6)71-59(80)57(67-9)66(7,8)45-21-17-22-46(34-45)70-64(86)87-37-40-26-29-49(88-63-55(79)53(77)54(78)56(89-63)62(84)85)44(33-40)35-69-51(75)30-31-68-50(74)24-15-16-25-52(76)73-36-43-20-12-11-18-41(43)27-28-42-19-13-14-23-47(42)73/h11-14,17-23,26-29,32-34,38,48,50,53-58,63,67-68,74,77-79H,15-16,24-25,30-31,35-37H2,1-10H3,(H,69,75)(H,70,86)(H,71,80)(H,82,83)(H,84,85)/b28-27-,39-32+. The Balaban J connectivity index is 1.06. The average Bonchev–Trinajstić information content (AvgIpc) is 1.21. The number of aliphatic hydroxyl groups excluding tert-OH is 4. The SMILES string of the molecule is CNC(C(=O)NC(C(=O)N(C)C(/C=C(\C)C(=O)O)C(C)C)C(C)(C)C)C(C)(C)c1cccc(NC(=O)OCc2ccc(OC3OC(C(=O)O)C(O)C(O)C3O)c(CNC(=O)CCNC(O)CCCCC(=O)N3Cc4ccccc4/C=C\c4ccccc43)c2)c1. The van der Waals surface area contributed by atoms with Crippen LogP contribution in [0.2, 0.25) is 0 Å². The lowest BCUT2D eigenvalue weighted by Gasteiger charge is -2.40. The topological polar surface area (TPSA) is 335 Å². The van der Waals surface area contributed by atoms with E-state index in [4.69, 9.17) is 14.2 Å². The molecule has 2 aliphatic rings.